The first-order valence-corrected chi connectivity index (χ1v) is 8.40. The number of halogens is 3. The van der Waals surface area contributed by atoms with E-state index in [4.69, 9.17) is 0 Å². The van der Waals surface area contributed by atoms with Crippen molar-refractivity contribution >= 4 is 17.3 Å². The predicted octanol–water partition coefficient (Wildman–Crippen LogP) is 3.08. The molecule has 1 aromatic carbocycles. The average Bonchev–Trinajstić information content (AvgIpc) is 3.09. The van der Waals surface area contributed by atoms with Gasteiger partial charge in [0.2, 0.25) is 5.91 Å². The standard InChI is InChI=1S/C16H19F3N6O/c17-16(18,19)11-6-7-13(21-12-4-2-1-3-5-12)14(8-11)22-15(26)9-25-10-20-23-24-25/h6-8,10,12,21H,1-5,9H2,(H,22,26). The van der Waals surface area contributed by atoms with Gasteiger partial charge in [0.15, 0.2) is 0 Å². The van der Waals surface area contributed by atoms with Gasteiger partial charge in [-0.1, -0.05) is 19.3 Å². The highest BCUT2D eigenvalue weighted by Gasteiger charge is 2.31. The molecule has 0 atom stereocenters. The number of hydrogen-bond donors (Lipinski definition) is 2. The predicted molar refractivity (Wildman–Crippen MR) is 88.4 cm³/mol. The van der Waals surface area contributed by atoms with E-state index in [1.54, 1.807) is 0 Å². The molecule has 1 aliphatic carbocycles. The molecule has 2 aromatic rings. The first-order chi connectivity index (χ1) is 12.4. The Labute approximate surface area is 148 Å². The third-order valence-corrected chi connectivity index (χ3v) is 4.28. The Morgan fingerprint density at radius 3 is 2.62 bits per heavy atom. The van der Waals surface area contributed by atoms with Gasteiger partial charge in [0, 0.05) is 6.04 Å². The first-order valence-electron chi connectivity index (χ1n) is 8.40. The zero-order valence-electron chi connectivity index (χ0n) is 14.0. The maximum Gasteiger partial charge on any atom is 0.416 e. The Kier molecular flexibility index (Phi) is 5.38. The second kappa shape index (κ2) is 7.71. The van der Waals surface area contributed by atoms with Gasteiger partial charge in [-0.3, -0.25) is 4.79 Å². The van der Waals surface area contributed by atoms with Crippen LogP contribution in [0.25, 0.3) is 0 Å². The number of nitrogens with one attached hydrogen (secondary N) is 2. The lowest BCUT2D eigenvalue weighted by Crippen LogP contribution is -2.25. The molecular formula is C16H19F3N6O. The number of nitrogens with zero attached hydrogens (tertiary/aromatic N) is 4. The van der Waals surface area contributed by atoms with Gasteiger partial charge in [-0.05, 0) is 41.5 Å². The molecule has 1 saturated carbocycles. The van der Waals surface area contributed by atoms with E-state index in [1.165, 1.54) is 23.5 Å². The lowest BCUT2D eigenvalue weighted by Gasteiger charge is -2.25. The highest BCUT2D eigenvalue weighted by atomic mass is 19.4. The smallest absolute Gasteiger partial charge is 0.381 e. The summed E-state index contributed by atoms with van der Waals surface area (Å²) in [5.74, 6) is -0.511. The molecule has 0 aliphatic heterocycles. The van der Waals surface area contributed by atoms with Crippen LogP contribution in [0, 0.1) is 0 Å². The Morgan fingerprint density at radius 2 is 1.96 bits per heavy atom. The van der Waals surface area contributed by atoms with Crippen LogP contribution in [0.3, 0.4) is 0 Å². The number of amides is 1. The molecule has 3 rings (SSSR count). The summed E-state index contributed by atoms with van der Waals surface area (Å²) in [5, 5.41) is 16.2. The molecule has 0 spiro atoms. The van der Waals surface area contributed by atoms with Crippen LogP contribution in [0.15, 0.2) is 24.5 Å². The monoisotopic (exact) mass is 368 g/mol. The topological polar surface area (TPSA) is 84.7 Å². The SMILES string of the molecule is O=C(Cn1cnnn1)Nc1cc(C(F)(F)F)ccc1NC1CCCCC1. The number of tetrazole rings is 1. The minimum absolute atomic E-state index is 0.100. The zero-order valence-corrected chi connectivity index (χ0v) is 14.0. The maximum atomic E-state index is 13.0. The fraction of sp³-hybridized carbons (Fsp3) is 0.500. The summed E-state index contributed by atoms with van der Waals surface area (Å²) in [5.41, 5.74) is -0.233. The first kappa shape index (κ1) is 18.2. The van der Waals surface area contributed by atoms with Gasteiger partial charge < -0.3 is 10.6 Å². The van der Waals surface area contributed by atoms with Crippen molar-refractivity contribution in [1.29, 1.82) is 0 Å². The van der Waals surface area contributed by atoms with E-state index in [-0.39, 0.29) is 18.3 Å². The molecule has 0 bridgehead atoms. The summed E-state index contributed by atoms with van der Waals surface area (Å²) >= 11 is 0. The van der Waals surface area contributed by atoms with E-state index < -0.39 is 17.6 Å². The molecule has 1 heterocycles. The molecule has 0 unspecified atom stereocenters. The fourth-order valence-corrected chi connectivity index (χ4v) is 3.01. The van der Waals surface area contributed by atoms with E-state index in [0.29, 0.717) is 5.69 Å². The van der Waals surface area contributed by atoms with Gasteiger partial charge in [0.1, 0.15) is 12.9 Å². The molecule has 1 aliphatic rings. The number of carbonyl (C=O) groups excluding carboxylic acids is 1. The largest absolute Gasteiger partial charge is 0.416 e. The lowest BCUT2D eigenvalue weighted by molar-refractivity contribution is -0.137. The summed E-state index contributed by atoms with van der Waals surface area (Å²) in [6, 6.07) is 3.52. The average molecular weight is 368 g/mol. The molecule has 1 fully saturated rings. The van der Waals surface area contributed by atoms with Crippen molar-refractivity contribution in [1.82, 2.24) is 20.2 Å². The van der Waals surface area contributed by atoms with Crippen LogP contribution in [-0.2, 0) is 17.5 Å². The van der Waals surface area contributed by atoms with E-state index >= 15 is 0 Å². The second-order valence-corrected chi connectivity index (χ2v) is 6.29. The number of hydrogen-bond acceptors (Lipinski definition) is 5. The van der Waals surface area contributed by atoms with E-state index in [2.05, 4.69) is 26.2 Å². The van der Waals surface area contributed by atoms with Crippen molar-refractivity contribution in [2.75, 3.05) is 10.6 Å². The summed E-state index contributed by atoms with van der Waals surface area (Å²) in [4.78, 5) is 12.1. The molecule has 2 N–H and O–H groups in total. The number of carbonyl (C=O) groups is 1. The minimum Gasteiger partial charge on any atom is -0.381 e. The van der Waals surface area contributed by atoms with Gasteiger partial charge in [0.25, 0.3) is 0 Å². The van der Waals surface area contributed by atoms with Gasteiger partial charge in [-0.2, -0.15) is 13.2 Å². The van der Waals surface area contributed by atoms with Crippen LogP contribution in [0.5, 0.6) is 0 Å². The van der Waals surface area contributed by atoms with Crippen LogP contribution in [-0.4, -0.2) is 32.2 Å². The summed E-state index contributed by atoms with van der Waals surface area (Å²) in [7, 11) is 0. The maximum absolute atomic E-state index is 13.0. The zero-order chi connectivity index (χ0) is 18.6. The second-order valence-electron chi connectivity index (χ2n) is 6.29. The van der Waals surface area contributed by atoms with Crippen molar-refractivity contribution in [3.05, 3.63) is 30.1 Å². The molecular weight excluding hydrogens is 349 g/mol. The van der Waals surface area contributed by atoms with Gasteiger partial charge in [-0.25, -0.2) is 4.68 Å². The third kappa shape index (κ3) is 4.70. The minimum atomic E-state index is -4.49. The molecule has 10 heteroatoms. The number of anilines is 2. The van der Waals surface area contributed by atoms with Crippen molar-refractivity contribution in [3.8, 4) is 0 Å². The Hall–Kier alpha value is -2.65. The van der Waals surface area contributed by atoms with Crippen molar-refractivity contribution in [2.45, 2.75) is 50.9 Å². The highest BCUT2D eigenvalue weighted by molar-refractivity contribution is 5.94. The van der Waals surface area contributed by atoms with Crippen LogP contribution >= 0.6 is 0 Å². The number of rotatable bonds is 5. The molecule has 1 aromatic heterocycles. The summed E-state index contributed by atoms with van der Waals surface area (Å²) in [6.07, 6.45) is 2.02. The third-order valence-electron chi connectivity index (χ3n) is 4.28. The summed E-state index contributed by atoms with van der Waals surface area (Å²) in [6.45, 7) is -0.188. The lowest BCUT2D eigenvalue weighted by atomic mass is 9.95. The fourth-order valence-electron chi connectivity index (χ4n) is 3.01. The van der Waals surface area contributed by atoms with Gasteiger partial charge >= 0.3 is 6.18 Å². The van der Waals surface area contributed by atoms with Gasteiger partial charge in [-0.15, -0.1) is 5.10 Å². The molecule has 140 valence electrons. The number of benzene rings is 1. The van der Waals surface area contributed by atoms with Crippen LogP contribution in [0.4, 0.5) is 24.5 Å². The molecule has 1 amide bonds. The molecule has 0 radical (unpaired) electrons. The van der Waals surface area contributed by atoms with E-state index in [1.807, 2.05) is 0 Å². The number of alkyl halides is 3. The highest BCUT2D eigenvalue weighted by Crippen LogP contribution is 2.35. The van der Waals surface area contributed by atoms with Crippen LogP contribution < -0.4 is 10.6 Å². The van der Waals surface area contributed by atoms with Crippen molar-refractivity contribution in [3.63, 3.8) is 0 Å². The van der Waals surface area contributed by atoms with E-state index in [9.17, 15) is 18.0 Å². The van der Waals surface area contributed by atoms with Crippen molar-refractivity contribution in [2.24, 2.45) is 0 Å². The Bertz CT molecular complexity index is 741. The Balaban J connectivity index is 1.79. The molecule has 0 saturated heterocycles. The number of aromatic nitrogens is 4. The normalized spacial score (nSPS) is 15.7. The Morgan fingerprint density at radius 1 is 1.19 bits per heavy atom. The summed E-state index contributed by atoms with van der Waals surface area (Å²) < 4.78 is 40.3. The molecule has 26 heavy (non-hydrogen) atoms. The van der Waals surface area contributed by atoms with Crippen molar-refractivity contribution < 1.29 is 18.0 Å². The quantitative estimate of drug-likeness (QED) is 0.847. The van der Waals surface area contributed by atoms with Gasteiger partial charge in [0.05, 0.1) is 16.9 Å². The van der Waals surface area contributed by atoms with Crippen LogP contribution in [0.1, 0.15) is 37.7 Å². The van der Waals surface area contributed by atoms with E-state index in [0.717, 1.165) is 37.8 Å². The molecule has 7 nitrogen and oxygen atoms in total. The van der Waals surface area contributed by atoms with Crippen LogP contribution in [0.2, 0.25) is 0 Å².